The van der Waals surface area contributed by atoms with Crippen molar-refractivity contribution in [3.05, 3.63) is 35.4 Å². The molecule has 0 aromatic heterocycles. The zero-order chi connectivity index (χ0) is 19.0. The fraction of sp³-hybridized carbons (Fsp3) is 0.619. The molecule has 3 fully saturated rings. The third-order valence-electron chi connectivity index (χ3n) is 6.68. The van der Waals surface area contributed by atoms with Crippen LogP contribution in [0.1, 0.15) is 55.3 Å². The highest BCUT2D eigenvalue weighted by Crippen LogP contribution is 2.50. The van der Waals surface area contributed by atoms with Gasteiger partial charge < -0.3 is 10.2 Å². The third-order valence-corrected chi connectivity index (χ3v) is 6.68. The van der Waals surface area contributed by atoms with E-state index in [-0.39, 0.29) is 24.1 Å². The van der Waals surface area contributed by atoms with Gasteiger partial charge in [-0.1, -0.05) is 6.42 Å². The van der Waals surface area contributed by atoms with Crippen LogP contribution in [0.2, 0.25) is 0 Å². The number of hydrogen-bond acceptors (Lipinski definition) is 2. The molecule has 1 aliphatic heterocycles. The quantitative estimate of drug-likeness (QED) is 0.855. The maximum atomic E-state index is 13.2. The average Bonchev–Trinajstić information content (AvgIpc) is 3.35. The summed E-state index contributed by atoms with van der Waals surface area (Å²) in [4.78, 5) is 26.6. The van der Waals surface area contributed by atoms with E-state index in [4.69, 9.17) is 0 Å². The molecule has 1 aromatic rings. The van der Waals surface area contributed by atoms with Gasteiger partial charge in [0.1, 0.15) is 11.6 Å². The SMILES string of the molecule is O=C(NCC(=O)N1CCCC1CC1CC2CCC1C2)c1cc(F)cc(F)c1. The van der Waals surface area contributed by atoms with E-state index in [9.17, 15) is 18.4 Å². The van der Waals surface area contributed by atoms with Gasteiger partial charge in [0.2, 0.25) is 5.91 Å². The smallest absolute Gasteiger partial charge is 0.251 e. The van der Waals surface area contributed by atoms with Crippen molar-refractivity contribution in [3.63, 3.8) is 0 Å². The van der Waals surface area contributed by atoms with E-state index in [2.05, 4.69) is 5.32 Å². The maximum absolute atomic E-state index is 13.2. The van der Waals surface area contributed by atoms with Crippen LogP contribution in [0.3, 0.4) is 0 Å². The Bertz CT molecular complexity index is 719. The van der Waals surface area contributed by atoms with Gasteiger partial charge in [0, 0.05) is 24.2 Å². The predicted octanol–water partition coefficient (Wildman–Crippen LogP) is 3.51. The first-order valence-electron chi connectivity index (χ1n) is 10.0. The molecule has 3 aliphatic rings. The van der Waals surface area contributed by atoms with Crippen molar-refractivity contribution in [1.29, 1.82) is 0 Å². The lowest BCUT2D eigenvalue weighted by Gasteiger charge is -2.30. The number of carbonyl (C=O) groups excluding carboxylic acids is 2. The van der Waals surface area contributed by atoms with Crippen molar-refractivity contribution >= 4 is 11.8 Å². The average molecular weight is 376 g/mol. The summed E-state index contributed by atoms with van der Waals surface area (Å²) in [5.41, 5.74) is -0.111. The number of benzene rings is 1. The van der Waals surface area contributed by atoms with Crippen LogP contribution in [0.25, 0.3) is 0 Å². The van der Waals surface area contributed by atoms with Crippen LogP contribution in [0.15, 0.2) is 18.2 Å². The molecule has 1 heterocycles. The molecule has 2 bridgehead atoms. The van der Waals surface area contributed by atoms with Crippen LogP contribution in [-0.4, -0.2) is 35.8 Å². The largest absolute Gasteiger partial charge is 0.343 e. The predicted molar refractivity (Wildman–Crippen MR) is 97.0 cm³/mol. The molecule has 0 radical (unpaired) electrons. The molecule has 1 saturated heterocycles. The minimum atomic E-state index is -0.808. The van der Waals surface area contributed by atoms with Crippen molar-refractivity contribution in [2.75, 3.05) is 13.1 Å². The van der Waals surface area contributed by atoms with Gasteiger partial charge in [0.15, 0.2) is 0 Å². The van der Waals surface area contributed by atoms with Crippen LogP contribution in [0.4, 0.5) is 8.78 Å². The Morgan fingerprint density at radius 3 is 2.52 bits per heavy atom. The Kier molecular flexibility index (Phi) is 5.15. The summed E-state index contributed by atoms with van der Waals surface area (Å²) in [7, 11) is 0. The molecule has 4 atom stereocenters. The van der Waals surface area contributed by atoms with E-state index in [1.165, 1.54) is 25.7 Å². The Hall–Kier alpha value is -1.98. The molecule has 2 aliphatic carbocycles. The van der Waals surface area contributed by atoms with Gasteiger partial charge in [0.05, 0.1) is 6.54 Å². The molecule has 4 unspecified atom stereocenters. The lowest BCUT2D eigenvalue weighted by Crippen LogP contribution is -2.43. The Labute approximate surface area is 158 Å². The molecule has 1 N–H and O–H groups in total. The van der Waals surface area contributed by atoms with Gasteiger partial charge in [-0.15, -0.1) is 0 Å². The first-order chi connectivity index (χ1) is 13.0. The standard InChI is InChI=1S/C21H26F2N2O2/c22-17-8-16(9-18(23)11-17)21(27)24-12-20(26)25-5-1-2-19(25)10-15-7-13-3-4-14(15)6-13/h8-9,11,13-15,19H,1-7,10,12H2,(H,24,27). The van der Waals surface area contributed by atoms with Crippen LogP contribution in [-0.2, 0) is 4.79 Å². The van der Waals surface area contributed by atoms with Gasteiger partial charge in [-0.2, -0.15) is 0 Å². The fourth-order valence-electron chi connectivity index (χ4n) is 5.47. The number of nitrogens with one attached hydrogen (secondary N) is 1. The summed E-state index contributed by atoms with van der Waals surface area (Å²) in [6.07, 6.45) is 8.51. The highest BCUT2D eigenvalue weighted by Gasteiger charge is 2.42. The highest BCUT2D eigenvalue weighted by atomic mass is 19.1. The van der Waals surface area contributed by atoms with Gasteiger partial charge in [-0.05, 0) is 68.4 Å². The number of halogens is 2. The number of likely N-dealkylation sites (tertiary alicyclic amines) is 1. The number of hydrogen-bond donors (Lipinski definition) is 1. The fourth-order valence-corrected chi connectivity index (χ4v) is 5.47. The summed E-state index contributed by atoms with van der Waals surface area (Å²) in [5, 5.41) is 2.51. The van der Waals surface area contributed by atoms with Crippen LogP contribution >= 0.6 is 0 Å². The molecule has 146 valence electrons. The topological polar surface area (TPSA) is 49.4 Å². The second-order valence-electron chi connectivity index (χ2n) is 8.39. The molecule has 0 spiro atoms. The molecular weight excluding hydrogens is 350 g/mol. The van der Waals surface area contributed by atoms with Crippen LogP contribution in [0.5, 0.6) is 0 Å². The van der Waals surface area contributed by atoms with Crippen LogP contribution in [0, 0.1) is 29.4 Å². The first kappa shape index (κ1) is 18.4. The minimum Gasteiger partial charge on any atom is -0.343 e. The van der Waals surface area contributed by atoms with Crippen molar-refractivity contribution in [1.82, 2.24) is 10.2 Å². The summed E-state index contributed by atoms with van der Waals surface area (Å²) < 4.78 is 26.5. The summed E-state index contributed by atoms with van der Waals surface area (Å²) >= 11 is 0. The van der Waals surface area contributed by atoms with E-state index in [0.717, 1.165) is 55.7 Å². The zero-order valence-electron chi connectivity index (χ0n) is 15.4. The van der Waals surface area contributed by atoms with Crippen molar-refractivity contribution < 1.29 is 18.4 Å². The van der Waals surface area contributed by atoms with Crippen molar-refractivity contribution in [3.8, 4) is 0 Å². The van der Waals surface area contributed by atoms with Gasteiger partial charge in [-0.25, -0.2) is 8.78 Å². The Morgan fingerprint density at radius 2 is 1.85 bits per heavy atom. The Morgan fingerprint density at radius 1 is 1.07 bits per heavy atom. The molecule has 27 heavy (non-hydrogen) atoms. The molecule has 4 nitrogen and oxygen atoms in total. The number of carbonyl (C=O) groups is 2. The summed E-state index contributed by atoms with van der Waals surface area (Å²) in [5.74, 6) is 0.129. The van der Waals surface area contributed by atoms with Gasteiger partial charge in [0.25, 0.3) is 5.91 Å². The van der Waals surface area contributed by atoms with Gasteiger partial charge >= 0.3 is 0 Å². The molecular formula is C21H26F2N2O2. The van der Waals surface area contributed by atoms with E-state index < -0.39 is 17.5 Å². The van der Waals surface area contributed by atoms with Crippen LogP contribution < -0.4 is 5.32 Å². The van der Waals surface area contributed by atoms with Crippen molar-refractivity contribution in [2.45, 2.75) is 51.0 Å². The summed E-state index contributed by atoms with van der Waals surface area (Å²) in [6, 6.07) is 2.92. The lowest BCUT2D eigenvalue weighted by molar-refractivity contribution is -0.131. The highest BCUT2D eigenvalue weighted by molar-refractivity contribution is 5.96. The van der Waals surface area contributed by atoms with Crippen molar-refractivity contribution in [2.24, 2.45) is 17.8 Å². The molecule has 6 heteroatoms. The third kappa shape index (κ3) is 3.99. The van der Waals surface area contributed by atoms with E-state index in [1.54, 1.807) is 0 Å². The van der Waals surface area contributed by atoms with E-state index in [1.807, 2.05) is 4.90 Å². The number of amides is 2. The monoisotopic (exact) mass is 376 g/mol. The van der Waals surface area contributed by atoms with E-state index in [0.29, 0.717) is 6.07 Å². The number of fused-ring (bicyclic) bond motifs is 2. The second kappa shape index (κ2) is 7.56. The summed E-state index contributed by atoms with van der Waals surface area (Å²) in [6.45, 7) is 0.596. The zero-order valence-corrected chi connectivity index (χ0v) is 15.4. The van der Waals surface area contributed by atoms with Gasteiger partial charge in [-0.3, -0.25) is 9.59 Å². The normalized spacial score (nSPS) is 29.3. The lowest BCUT2D eigenvalue weighted by atomic mass is 9.83. The minimum absolute atomic E-state index is 0.106. The number of nitrogens with zero attached hydrogens (tertiary/aromatic N) is 1. The molecule has 4 rings (SSSR count). The second-order valence-corrected chi connectivity index (χ2v) is 8.39. The van der Waals surface area contributed by atoms with E-state index >= 15 is 0 Å². The molecule has 2 saturated carbocycles. The maximum Gasteiger partial charge on any atom is 0.251 e. The number of rotatable bonds is 5. The first-order valence-corrected chi connectivity index (χ1v) is 10.0. The molecule has 2 amide bonds. The Balaban J connectivity index is 1.31. The molecule has 1 aromatic carbocycles.